The predicted molar refractivity (Wildman–Crippen MR) is 210 cm³/mol. The van der Waals surface area contributed by atoms with E-state index in [1.165, 1.54) is 270 Å². The highest BCUT2D eigenvalue weighted by atomic mass is 35.5. The maximum atomic E-state index is 2.31. The van der Waals surface area contributed by atoms with Crippen LogP contribution in [-0.4, -0.2) is 19.6 Å². The van der Waals surface area contributed by atoms with Crippen molar-refractivity contribution in [2.45, 2.75) is 264 Å². The Morgan fingerprint density at radius 2 is 0.638 bits per heavy atom. The molecule has 1 fully saturated rings. The van der Waals surface area contributed by atoms with E-state index in [9.17, 15) is 0 Å². The van der Waals surface area contributed by atoms with Gasteiger partial charge in [0.15, 0.2) is 0 Å². The molecule has 0 radical (unpaired) electrons. The number of piperidine rings is 1. The van der Waals surface area contributed by atoms with Crippen molar-refractivity contribution < 1.29 is 17.3 Å². The fraction of sp³-hybridized carbons (Fsp3) is 1.00. The smallest absolute Gasteiger partial charge is 0.0799 e. The van der Waals surface area contributed by atoms with Gasteiger partial charge in [-0.05, 0) is 32.1 Å². The van der Waals surface area contributed by atoms with Crippen LogP contribution in [0.1, 0.15) is 264 Å². The third-order valence-corrected chi connectivity index (χ3v) is 11.6. The van der Waals surface area contributed by atoms with Crippen LogP contribution in [0, 0.1) is 5.92 Å². The summed E-state index contributed by atoms with van der Waals surface area (Å²) in [6.07, 6.45) is 57.9. The molecule has 1 saturated heterocycles. The molecule has 2 unspecified atom stereocenters. The Morgan fingerprint density at radius 3 is 0.957 bits per heavy atom. The van der Waals surface area contributed by atoms with E-state index in [4.69, 9.17) is 0 Å². The quantitative estimate of drug-likeness (QED) is 0.0619. The zero-order valence-corrected chi connectivity index (χ0v) is 33.9. The van der Waals surface area contributed by atoms with E-state index >= 15 is 0 Å². The van der Waals surface area contributed by atoms with Gasteiger partial charge in [0.2, 0.25) is 0 Å². The lowest BCUT2D eigenvalue weighted by Crippen LogP contribution is -3.13. The molecule has 0 aliphatic carbocycles. The maximum absolute atomic E-state index is 2.31. The lowest BCUT2D eigenvalue weighted by molar-refractivity contribution is -0.909. The highest BCUT2D eigenvalue weighted by molar-refractivity contribution is 4.63. The van der Waals surface area contributed by atoms with E-state index in [0.717, 1.165) is 5.92 Å². The Morgan fingerprint density at radius 1 is 0.362 bits per heavy atom. The molecule has 0 aromatic carbocycles. The molecule has 0 spiro atoms. The molecule has 2 heteroatoms. The van der Waals surface area contributed by atoms with Gasteiger partial charge < -0.3 is 17.3 Å². The monoisotopic (exact) mass is 682 g/mol. The van der Waals surface area contributed by atoms with Crippen molar-refractivity contribution >= 4 is 0 Å². The Kier molecular flexibility index (Phi) is 40.9. The Balaban J connectivity index is 0.0000212. The van der Waals surface area contributed by atoms with Gasteiger partial charge in [-0.25, -0.2) is 0 Å². The molecule has 0 saturated carbocycles. The lowest BCUT2D eigenvalue weighted by Gasteiger charge is -2.30. The van der Waals surface area contributed by atoms with Gasteiger partial charge >= 0.3 is 0 Å². The molecular formula is C45H92ClN. The van der Waals surface area contributed by atoms with Crippen molar-refractivity contribution in [3.05, 3.63) is 0 Å². The fourth-order valence-electron chi connectivity index (χ4n) is 8.34. The van der Waals surface area contributed by atoms with Crippen LogP contribution in [0.3, 0.4) is 0 Å². The molecule has 1 nitrogen and oxygen atoms in total. The Bertz CT molecular complexity index is 504. The van der Waals surface area contributed by atoms with E-state index in [1.807, 2.05) is 4.90 Å². The molecule has 1 aliphatic heterocycles. The summed E-state index contributed by atoms with van der Waals surface area (Å²) in [6, 6.07) is 0. The van der Waals surface area contributed by atoms with Crippen molar-refractivity contribution in [1.82, 2.24) is 0 Å². The van der Waals surface area contributed by atoms with Crippen LogP contribution in [-0.2, 0) is 0 Å². The first-order valence-electron chi connectivity index (χ1n) is 22.7. The summed E-state index contributed by atoms with van der Waals surface area (Å²) in [4.78, 5) is 1.95. The van der Waals surface area contributed by atoms with Crippen LogP contribution >= 0.6 is 0 Å². The van der Waals surface area contributed by atoms with E-state index < -0.39 is 0 Å². The van der Waals surface area contributed by atoms with Gasteiger partial charge in [0, 0.05) is 5.92 Å². The predicted octanol–water partition coefficient (Wildman–Crippen LogP) is 11.8. The second kappa shape index (κ2) is 40.7. The zero-order chi connectivity index (χ0) is 32.9. The molecule has 1 N–H and O–H groups in total. The third kappa shape index (κ3) is 35.9. The lowest BCUT2D eigenvalue weighted by atomic mass is 9.92. The van der Waals surface area contributed by atoms with Crippen LogP contribution in [0.15, 0.2) is 0 Å². The van der Waals surface area contributed by atoms with Crippen molar-refractivity contribution in [2.75, 3.05) is 19.6 Å². The summed E-state index contributed by atoms with van der Waals surface area (Å²) in [5, 5.41) is 0. The average Bonchev–Trinajstić information content (AvgIpc) is 3.07. The first-order valence-corrected chi connectivity index (χ1v) is 22.7. The summed E-state index contributed by atoms with van der Waals surface area (Å²) in [5.74, 6) is 1.04. The first-order chi connectivity index (χ1) is 22.9. The minimum atomic E-state index is 0. The highest BCUT2D eigenvalue weighted by Gasteiger charge is 2.22. The van der Waals surface area contributed by atoms with Gasteiger partial charge in [-0.3, -0.25) is 0 Å². The number of nitrogens with one attached hydrogen (secondary N) is 1. The van der Waals surface area contributed by atoms with Crippen LogP contribution < -0.4 is 17.3 Å². The summed E-state index contributed by atoms with van der Waals surface area (Å²) in [5.41, 5.74) is 0. The topological polar surface area (TPSA) is 4.44 Å². The molecule has 2 atom stereocenters. The number of unbranched alkanes of at least 4 members (excludes halogenated alkanes) is 34. The highest BCUT2D eigenvalue weighted by Crippen LogP contribution is 2.19. The summed E-state index contributed by atoms with van der Waals surface area (Å²) < 4.78 is 0. The summed E-state index contributed by atoms with van der Waals surface area (Å²) in [6.45, 7) is 9.06. The molecule has 1 heterocycles. The van der Waals surface area contributed by atoms with Gasteiger partial charge in [-0.15, -0.1) is 0 Å². The van der Waals surface area contributed by atoms with Crippen molar-refractivity contribution in [3.8, 4) is 0 Å². The zero-order valence-electron chi connectivity index (χ0n) is 33.2. The molecular weight excluding hydrogens is 590 g/mol. The summed E-state index contributed by atoms with van der Waals surface area (Å²) >= 11 is 0. The number of hydrogen-bond acceptors (Lipinski definition) is 0. The van der Waals surface area contributed by atoms with Crippen LogP contribution in [0.2, 0.25) is 0 Å². The van der Waals surface area contributed by atoms with Crippen LogP contribution in [0.5, 0.6) is 0 Å². The fourth-order valence-corrected chi connectivity index (χ4v) is 8.34. The molecule has 0 bridgehead atoms. The van der Waals surface area contributed by atoms with Gasteiger partial charge in [0.1, 0.15) is 0 Å². The van der Waals surface area contributed by atoms with Gasteiger partial charge in [-0.2, -0.15) is 0 Å². The third-order valence-electron chi connectivity index (χ3n) is 11.6. The molecule has 1 rings (SSSR count). The van der Waals surface area contributed by atoms with E-state index in [2.05, 4.69) is 13.8 Å². The Hall–Kier alpha value is 0.250. The van der Waals surface area contributed by atoms with Crippen LogP contribution in [0.4, 0.5) is 0 Å². The van der Waals surface area contributed by atoms with Crippen molar-refractivity contribution in [1.29, 1.82) is 0 Å². The molecule has 0 aromatic heterocycles. The number of halogens is 1. The minimum Gasteiger partial charge on any atom is -1.00 e. The number of likely N-dealkylation sites (tertiary alicyclic amines) is 1. The second-order valence-corrected chi connectivity index (χ2v) is 16.3. The minimum absolute atomic E-state index is 0. The van der Waals surface area contributed by atoms with Gasteiger partial charge in [0.05, 0.1) is 19.6 Å². The number of hydrogen-bond donors (Lipinski definition) is 1. The second-order valence-electron chi connectivity index (χ2n) is 16.3. The molecule has 0 aromatic rings. The van der Waals surface area contributed by atoms with E-state index in [0.29, 0.717) is 0 Å². The maximum Gasteiger partial charge on any atom is 0.0799 e. The molecule has 1 aliphatic rings. The summed E-state index contributed by atoms with van der Waals surface area (Å²) in [7, 11) is 0. The molecule has 0 amide bonds. The van der Waals surface area contributed by atoms with E-state index in [1.54, 1.807) is 0 Å². The van der Waals surface area contributed by atoms with Gasteiger partial charge in [-0.1, -0.05) is 232 Å². The van der Waals surface area contributed by atoms with E-state index in [-0.39, 0.29) is 12.4 Å². The molecule has 47 heavy (non-hydrogen) atoms. The van der Waals surface area contributed by atoms with Gasteiger partial charge in [0.25, 0.3) is 0 Å². The van der Waals surface area contributed by atoms with Crippen molar-refractivity contribution in [2.24, 2.45) is 5.92 Å². The van der Waals surface area contributed by atoms with Crippen LogP contribution in [0.25, 0.3) is 0 Å². The standard InChI is InChI=1S/C45H91N.ClH/c1-3-5-7-9-11-13-15-17-19-21-23-25-27-29-31-33-35-37-40-45-41-39-43-46(44-45)42-38-36-34-32-30-28-26-24-22-20-18-16-14-12-10-8-6-4-2;/h45H,3-44H2,1-2H3;1H. The number of quaternary nitrogens is 1. The normalized spacial score (nSPS) is 16.5. The number of rotatable bonds is 38. The van der Waals surface area contributed by atoms with Crippen molar-refractivity contribution in [3.63, 3.8) is 0 Å². The molecule has 284 valence electrons. The average molecular weight is 683 g/mol. The Labute approximate surface area is 306 Å². The SMILES string of the molecule is CCCCCCCCCCCCCCCCCCCCC1CCC[NH+](CCCCCCCCCCCCCCCCCCCC)C1.[Cl-]. The first kappa shape index (κ1) is 47.2. The largest absolute Gasteiger partial charge is 1.00 e.